The van der Waals surface area contributed by atoms with Crippen molar-refractivity contribution >= 4 is 15.9 Å². The molecule has 0 aliphatic heterocycles. The number of nitrogens with two attached hydrogens (primary N) is 1. The van der Waals surface area contributed by atoms with Gasteiger partial charge in [0, 0.05) is 13.2 Å². The zero-order valence-corrected chi connectivity index (χ0v) is 13.1. The van der Waals surface area contributed by atoms with Gasteiger partial charge in [0.1, 0.15) is 12.4 Å². The van der Waals surface area contributed by atoms with E-state index in [1.807, 2.05) is 25.1 Å². The summed E-state index contributed by atoms with van der Waals surface area (Å²) in [5.74, 6) is 0.823. The quantitative estimate of drug-likeness (QED) is 0.706. The summed E-state index contributed by atoms with van der Waals surface area (Å²) >= 11 is 3.50. The van der Waals surface area contributed by atoms with E-state index in [0.29, 0.717) is 26.4 Å². The predicted molar refractivity (Wildman–Crippen MR) is 79.7 cm³/mol. The molecule has 0 heterocycles. The predicted octanol–water partition coefficient (Wildman–Crippen LogP) is 2.38. The first kappa shape index (κ1) is 16.4. The van der Waals surface area contributed by atoms with E-state index in [2.05, 4.69) is 15.9 Å². The van der Waals surface area contributed by atoms with Gasteiger partial charge in [-0.25, -0.2) is 0 Å². The van der Waals surface area contributed by atoms with Crippen LogP contribution < -0.4 is 10.5 Å². The largest absolute Gasteiger partial charge is 0.490 e. The van der Waals surface area contributed by atoms with Crippen molar-refractivity contribution in [3.8, 4) is 5.75 Å². The van der Waals surface area contributed by atoms with Gasteiger partial charge in [0.2, 0.25) is 0 Å². The highest BCUT2D eigenvalue weighted by atomic mass is 79.9. The molecule has 0 radical (unpaired) electrons. The smallest absolute Gasteiger partial charge is 0.133 e. The minimum Gasteiger partial charge on any atom is -0.490 e. The fourth-order valence-electron chi connectivity index (χ4n) is 1.62. The van der Waals surface area contributed by atoms with E-state index in [1.165, 1.54) is 5.56 Å². The second-order valence-electron chi connectivity index (χ2n) is 4.40. The highest BCUT2D eigenvalue weighted by Crippen LogP contribution is 2.26. The topological polar surface area (TPSA) is 53.7 Å². The van der Waals surface area contributed by atoms with Crippen LogP contribution in [0.15, 0.2) is 22.7 Å². The first-order chi connectivity index (χ1) is 9.13. The Labute approximate surface area is 123 Å². The molecule has 1 aromatic rings. The summed E-state index contributed by atoms with van der Waals surface area (Å²) in [6, 6.07) is 6.20. The van der Waals surface area contributed by atoms with Crippen molar-refractivity contribution in [3.63, 3.8) is 0 Å². The summed E-state index contributed by atoms with van der Waals surface area (Å²) in [6.45, 7) is 4.27. The molecule has 4 nitrogen and oxygen atoms in total. The van der Waals surface area contributed by atoms with Gasteiger partial charge in [-0.05, 0) is 47.0 Å². The van der Waals surface area contributed by atoms with Crippen LogP contribution in [0, 0.1) is 0 Å². The molecule has 1 atom stereocenters. The van der Waals surface area contributed by atoms with E-state index >= 15 is 0 Å². The van der Waals surface area contributed by atoms with Gasteiger partial charge in [-0.1, -0.05) is 6.07 Å². The van der Waals surface area contributed by atoms with Gasteiger partial charge in [-0.2, -0.15) is 0 Å². The number of benzene rings is 1. The lowest BCUT2D eigenvalue weighted by Crippen LogP contribution is -2.17. The number of ether oxygens (including phenoxy) is 3. The van der Waals surface area contributed by atoms with Crippen LogP contribution in [-0.4, -0.2) is 39.6 Å². The Kier molecular flexibility index (Phi) is 8.05. The molecule has 5 heteroatoms. The van der Waals surface area contributed by atoms with Gasteiger partial charge >= 0.3 is 0 Å². The highest BCUT2D eigenvalue weighted by Gasteiger charge is 2.04. The van der Waals surface area contributed by atoms with Crippen LogP contribution in [-0.2, 0) is 15.9 Å². The zero-order valence-electron chi connectivity index (χ0n) is 11.5. The molecule has 0 saturated carbocycles. The van der Waals surface area contributed by atoms with E-state index in [-0.39, 0.29) is 6.04 Å². The molecule has 1 aromatic carbocycles. The fraction of sp³-hybridized carbons (Fsp3) is 0.571. The second-order valence-corrected chi connectivity index (χ2v) is 5.25. The molecule has 0 saturated heterocycles. The minimum absolute atomic E-state index is 0.160. The molecule has 19 heavy (non-hydrogen) atoms. The lowest BCUT2D eigenvalue weighted by atomic mass is 10.1. The van der Waals surface area contributed by atoms with Crippen molar-refractivity contribution in [1.82, 2.24) is 0 Å². The average Bonchev–Trinajstić information content (AvgIpc) is 2.35. The van der Waals surface area contributed by atoms with Crippen LogP contribution >= 0.6 is 15.9 Å². The van der Waals surface area contributed by atoms with E-state index in [4.69, 9.17) is 19.9 Å². The Morgan fingerprint density at radius 2 is 1.95 bits per heavy atom. The normalized spacial score (nSPS) is 12.4. The van der Waals surface area contributed by atoms with Crippen molar-refractivity contribution in [2.24, 2.45) is 5.73 Å². The van der Waals surface area contributed by atoms with Crippen LogP contribution in [0.25, 0.3) is 0 Å². The summed E-state index contributed by atoms with van der Waals surface area (Å²) in [4.78, 5) is 0. The number of hydrogen-bond acceptors (Lipinski definition) is 4. The number of hydrogen-bond donors (Lipinski definition) is 1. The van der Waals surface area contributed by atoms with Gasteiger partial charge in [0.25, 0.3) is 0 Å². The standard InChI is InChI=1S/C14H22BrNO3/c1-11(16)9-12-3-4-14(13(15)10-12)19-8-7-18-6-5-17-2/h3-4,10-11H,5-9,16H2,1-2H3. The molecule has 1 rings (SSSR count). The molecular weight excluding hydrogens is 310 g/mol. The Balaban J connectivity index is 2.34. The molecule has 2 N–H and O–H groups in total. The van der Waals surface area contributed by atoms with Crippen molar-refractivity contribution in [3.05, 3.63) is 28.2 Å². The molecule has 0 aliphatic rings. The van der Waals surface area contributed by atoms with Crippen molar-refractivity contribution < 1.29 is 14.2 Å². The van der Waals surface area contributed by atoms with E-state index < -0.39 is 0 Å². The zero-order chi connectivity index (χ0) is 14.1. The molecule has 0 amide bonds. The van der Waals surface area contributed by atoms with E-state index in [1.54, 1.807) is 7.11 Å². The third kappa shape index (κ3) is 6.92. The van der Waals surface area contributed by atoms with Gasteiger partial charge in [0.15, 0.2) is 0 Å². The summed E-state index contributed by atoms with van der Waals surface area (Å²) in [7, 11) is 1.65. The van der Waals surface area contributed by atoms with Crippen LogP contribution in [0.5, 0.6) is 5.75 Å². The highest BCUT2D eigenvalue weighted by molar-refractivity contribution is 9.10. The molecular formula is C14H22BrNO3. The Hall–Kier alpha value is -0.620. The minimum atomic E-state index is 0.160. The second kappa shape index (κ2) is 9.31. The van der Waals surface area contributed by atoms with E-state index in [0.717, 1.165) is 16.6 Å². The molecule has 1 unspecified atom stereocenters. The van der Waals surface area contributed by atoms with Crippen molar-refractivity contribution in [2.75, 3.05) is 33.5 Å². The first-order valence-electron chi connectivity index (χ1n) is 6.37. The maximum absolute atomic E-state index is 5.78. The maximum atomic E-state index is 5.78. The Morgan fingerprint density at radius 3 is 2.58 bits per heavy atom. The number of methoxy groups -OCH3 is 1. The SMILES string of the molecule is COCCOCCOc1ccc(CC(C)N)cc1Br. The van der Waals surface area contributed by atoms with Crippen LogP contribution in [0.4, 0.5) is 0 Å². The number of halogens is 1. The summed E-state index contributed by atoms with van der Waals surface area (Å²) in [5, 5.41) is 0. The molecule has 0 aromatic heterocycles. The third-order valence-corrected chi connectivity index (χ3v) is 3.09. The molecule has 0 bridgehead atoms. The monoisotopic (exact) mass is 331 g/mol. The molecule has 0 aliphatic carbocycles. The van der Waals surface area contributed by atoms with Crippen molar-refractivity contribution in [1.29, 1.82) is 0 Å². The summed E-state index contributed by atoms with van der Waals surface area (Å²) in [5.41, 5.74) is 6.98. The van der Waals surface area contributed by atoms with Crippen LogP contribution in [0.1, 0.15) is 12.5 Å². The molecule has 0 fully saturated rings. The van der Waals surface area contributed by atoms with E-state index in [9.17, 15) is 0 Å². The molecule has 108 valence electrons. The Morgan fingerprint density at radius 1 is 1.21 bits per heavy atom. The van der Waals surface area contributed by atoms with Crippen LogP contribution in [0.2, 0.25) is 0 Å². The van der Waals surface area contributed by atoms with Gasteiger partial charge in [-0.3, -0.25) is 0 Å². The first-order valence-corrected chi connectivity index (χ1v) is 7.16. The summed E-state index contributed by atoms with van der Waals surface area (Å²) in [6.07, 6.45) is 0.860. The van der Waals surface area contributed by atoms with Gasteiger partial charge in [0.05, 0.1) is 24.3 Å². The average molecular weight is 332 g/mol. The van der Waals surface area contributed by atoms with Crippen LogP contribution in [0.3, 0.4) is 0 Å². The Bertz CT molecular complexity index is 372. The number of rotatable bonds is 9. The lowest BCUT2D eigenvalue weighted by Gasteiger charge is -2.11. The van der Waals surface area contributed by atoms with Gasteiger partial charge < -0.3 is 19.9 Å². The maximum Gasteiger partial charge on any atom is 0.133 e. The van der Waals surface area contributed by atoms with Gasteiger partial charge in [-0.15, -0.1) is 0 Å². The summed E-state index contributed by atoms with van der Waals surface area (Å²) < 4.78 is 16.8. The molecule has 0 spiro atoms. The fourth-order valence-corrected chi connectivity index (χ4v) is 2.16. The lowest BCUT2D eigenvalue weighted by molar-refractivity contribution is 0.0543. The van der Waals surface area contributed by atoms with Crippen molar-refractivity contribution in [2.45, 2.75) is 19.4 Å². The third-order valence-electron chi connectivity index (χ3n) is 2.47.